The van der Waals surface area contributed by atoms with Gasteiger partial charge >= 0.3 is 5.97 Å². The van der Waals surface area contributed by atoms with Crippen molar-refractivity contribution in [3.05, 3.63) is 23.3 Å². The van der Waals surface area contributed by atoms with Crippen molar-refractivity contribution in [3.8, 4) is 0 Å². The lowest BCUT2D eigenvalue weighted by Crippen LogP contribution is -2.38. The van der Waals surface area contributed by atoms with Crippen molar-refractivity contribution in [1.82, 2.24) is 0 Å². The lowest BCUT2D eigenvalue weighted by molar-refractivity contribution is -0.136. The SMILES string of the molecule is COC(=O)C1=CCCC2(C)CC[C@]3(C)[C@@H](C(C)C)C[C@@H]4O[C@@]43C=C12. The minimum absolute atomic E-state index is 0.0679. The minimum Gasteiger partial charge on any atom is -0.465 e. The highest BCUT2D eigenvalue weighted by Crippen LogP contribution is 2.70. The van der Waals surface area contributed by atoms with E-state index >= 15 is 0 Å². The Kier molecular flexibility index (Phi) is 3.39. The third kappa shape index (κ3) is 1.91. The fraction of sp³-hybridized carbons (Fsp3) is 0.762. The molecule has 1 saturated carbocycles. The predicted octanol–water partition coefficient (Wildman–Crippen LogP) is 4.43. The maximum atomic E-state index is 12.4. The lowest BCUT2D eigenvalue weighted by Gasteiger charge is -2.40. The van der Waals surface area contributed by atoms with Crippen LogP contribution in [-0.2, 0) is 14.3 Å². The van der Waals surface area contributed by atoms with E-state index in [9.17, 15) is 4.79 Å². The van der Waals surface area contributed by atoms with E-state index in [-0.39, 0.29) is 22.4 Å². The van der Waals surface area contributed by atoms with Crippen molar-refractivity contribution in [2.45, 2.75) is 71.5 Å². The first-order chi connectivity index (χ1) is 11.3. The van der Waals surface area contributed by atoms with Crippen LogP contribution in [0.4, 0.5) is 0 Å². The molecule has 1 unspecified atom stereocenters. The smallest absolute Gasteiger partial charge is 0.337 e. The number of hydrogen-bond donors (Lipinski definition) is 0. The van der Waals surface area contributed by atoms with Crippen molar-refractivity contribution in [2.75, 3.05) is 7.11 Å². The van der Waals surface area contributed by atoms with Crippen LogP contribution < -0.4 is 0 Å². The molecule has 24 heavy (non-hydrogen) atoms. The second-order valence-electron chi connectivity index (χ2n) is 9.17. The molecule has 0 aromatic carbocycles. The summed E-state index contributed by atoms with van der Waals surface area (Å²) in [7, 11) is 1.48. The number of esters is 1. The quantitative estimate of drug-likeness (QED) is 0.555. The van der Waals surface area contributed by atoms with Crippen LogP contribution in [0.15, 0.2) is 23.3 Å². The first-order valence-corrected chi connectivity index (χ1v) is 9.47. The molecule has 1 saturated heterocycles. The van der Waals surface area contributed by atoms with Gasteiger partial charge in [0.25, 0.3) is 0 Å². The summed E-state index contributed by atoms with van der Waals surface area (Å²) >= 11 is 0. The van der Waals surface area contributed by atoms with Crippen LogP contribution >= 0.6 is 0 Å². The average Bonchev–Trinajstić information content (AvgIpc) is 3.22. The first kappa shape index (κ1) is 16.4. The normalized spacial score (nSPS) is 46.2. The van der Waals surface area contributed by atoms with Gasteiger partial charge in [0, 0.05) is 5.41 Å². The molecule has 0 amide bonds. The number of fused-ring (bicyclic) bond motifs is 1. The monoisotopic (exact) mass is 330 g/mol. The van der Waals surface area contributed by atoms with Gasteiger partial charge in [-0.3, -0.25) is 0 Å². The molecular formula is C21H30O3. The molecule has 3 aliphatic carbocycles. The molecule has 0 radical (unpaired) electrons. The standard InChI is InChI=1S/C21H30O3/c1-13(2)15-11-17-21(24-17)12-16-14(18(22)23-5)7-6-8-19(16,3)9-10-20(15,21)4/h7,12-13,15,17H,6,8-11H2,1-5H3/t15-,17+,19?,20-,21+/m1/s1. The summed E-state index contributed by atoms with van der Waals surface area (Å²) in [5, 5.41) is 0. The fourth-order valence-electron chi connectivity index (χ4n) is 6.06. The highest BCUT2D eigenvalue weighted by molar-refractivity contribution is 5.94. The van der Waals surface area contributed by atoms with E-state index in [0.717, 1.165) is 31.3 Å². The topological polar surface area (TPSA) is 38.8 Å². The maximum absolute atomic E-state index is 12.4. The molecule has 5 atom stereocenters. The van der Waals surface area contributed by atoms with Crippen molar-refractivity contribution >= 4 is 5.97 Å². The lowest BCUT2D eigenvalue weighted by atomic mass is 9.65. The molecule has 0 N–H and O–H groups in total. The van der Waals surface area contributed by atoms with Crippen LogP contribution in [0.1, 0.15) is 59.8 Å². The highest BCUT2D eigenvalue weighted by Gasteiger charge is 2.74. The van der Waals surface area contributed by atoms with Crippen molar-refractivity contribution < 1.29 is 14.3 Å². The molecule has 1 spiro atoms. The molecule has 132 valence electrons. The second-order valence-corrected chi connectivity index (χ2v) is 9.17. The zero-order valence-electron chi connectivity index (χ0n) is 15.6. The Hall–Kier alpha value is -1.09. The largest absolute Gasteiger partial charge is 0.465 e. The maximum Gasteiger partial charge on any atom is 0.337 e. The third-order valence-electron chi connectivity index (χ3n) is 7.69. The van der Waals surface area contributed by atoms with Gasteiger partial charge in [0.2, 0.25) is 0 Å². The molecule has 0 aromatic rings. The molecule has 1 aliphatic heterocycles. The van der Waals surface area contributed by atoms with Gasteiger partial charge in [0.05, 0.1) is 18.8 Å². The third-order valence-corrected chi connectivity index (χ3v) is 7.69. The van der Waals surface area contributed by atoms with Crippen molar-refractivity contribution in [3.63, 3.8) is 0 Å². The molecule has 4 aliphatic rings. The van der Waals surface area contributed by atoms with E-state index in [1.54, 1.807) is 0 Å². The van der Waals surface area contributed by atoms with Crippen LogP contribution in [0.3, 0.4) is 0 Å². The van der Waals surface area contributed by atoms with Crippen LogP contribution in [0.5, 0.6) is 0 Å². The van der Waals surface area contributed by atoms with Gasteiger partial charge in [0.15, 0.2) is 0 Å². The molecule has 4 rings (SSSR count). The Balaban J connectivity index is 1.83. The Morgan fingerprint density at radius 3 is 2.71 bits per heavy atom. The summed E-state index contributed by atoms with van der Waals surface area (Å²) in [6, 6.07) is 0. The molecule has 0 aromatic heterocycles. The minimum atomic E-state index is -0.192. The van der Waals surface area contributed by atoms with E-state index in [2.05, 4.69) is 39.8 Å². The Labute approximate surface area is 145 Å². The van der Waals surface area contributed by atoms with Gasteiger partial charge in [-0.1, -0.05) is 33.8 Å². The van der Waals surface area contributed by atoms with E-state index in [1.165, 1.54) is 19.1 Å². The van der Waals surface area contributed by atoms with Gasteiger partial charge in [-0.05, 0) is 61.0 Å². The first-order valence-electron chi connectivity index (χ1n) is 9.47. The van der Waals surface area contributed by atoms with Crippen LogP contribution in [0.2, 0.25) is 0 Å². The average molecular weight is 330 g/mol. The zero-order valence-corrected chi connectivity index (χ0v) is 15.6. The zero-order chi connectivity index (χ0) is 17.3. The summed E-state index contributed by atoms with van der Waals surface area (Å²) in [6.45, 7) is 9.46. The van der Waals surface area contributed by atoms with Gasteiger partial charge in [-0.15, -0.1) is 0 Å². The fourth-order valence-corrected chi connectivity index (χ4v) is 6.06. The van der Waals surface area contributed by atoms with Gasteiger partial charge < -0.3 is 9.47 Å². The van der Waals surface area contributed by atoms with Crippen molar-refractivity contribution in [2.24, 2.45) is 22.7 Å². The van der Waals surface area contributed by atoms with E-state index in [1.807, 2.05) is 0 Å². The molecule has 0 bridgehead atoms. The van der Waals surface area contributed by atoms with Gasteiger partial charge in [-0.25, -0.2) is 4.79 Å². The number of rotatable bonds is 2. The van der Waals surface area contributed by atoms with Crippen LogP contribution in [0.25, 0.3) is 0 Å². The number of carbonyl (C=O) groups is 1. The Morgan fingerprint density at radius 1 is 1.29 bits per heavy atom. The Morgan fingerprint density at radius 2 is 2.04 bits per heavy atom. The molecule has 2 fully saturated rings. The molecule has 1 heterocycles. The summed E-state index contributed by atoms with van der Waals surface area (Å²) < 4.78 is 11.4. The number of hydrogen-bond acceptors (Lipinski definition) is 3. The summed E-state index contributed by atoms with van der Waals surface area (Å²) in [5.41, 5.74) is 2.07. The molecule has 3 heteroatoms. The summed E-state index contributed by atoms with van der Waals surface area (Å²) in [5.74, 6) is 1.18. The van der Waals surface area contributed by atoms with E-state index in [4.69, 9.17) is 9.47 Å². The number of allylic oxidation sites excluding steroid dienone is 1. The van der Waals surface area contributed by atoms with Crippen LogP contribution in [0, 0.1) is 22.7 Å². The summed E-state index contributed by atoms with van der Waals surface area (Å²) in [4.78, 5) is 12.4. The molecular weight excluding hydrogens is 300 g/mol. The number of methoxy groups -OCH3 is 1. The predicted molar refractivity (Wildman–Crippen MR) is 93.4 cm³/mol. The van der Waals surface area contributed by atoms with Crippen LogP contribution in [-0.4, -0.2) is 24.8 Å². The van der Waals surface area contributed by atoms with Crippen molar-refractivity contribution in [1.29, 1.82) is 0 Å². The second kappa shape index (κ2) is 4.97. The van der Waals surface area contributed by atoms with E-state index in [0.29, 0.717) is 17.9 Å². The van der Waals surface area contributed by atoms with Gasteiger partial charge in [-0.2, -0.15) is 0 Å². The van der Waals surface area contributed by atoms with Gasteiger partial charge in [0.1, 0.15) is 5.60 Å². The number of ether oxygens (including phenoxy) is 2. The van der Waals surface area contributed by atoms with E-state index < -0.39 is 0 Å². The highest BCUT2D eigenvalue weighted by atomic mass is 16.6. The molecule has 3 nitrogen and oxygen atoms in total. The Bertz CT molecular complexity index is 645. The summed E-state index contributed by atoms with van der Waals surface area (Å²) in [6.07, 6.45) is 10.3. The number of carbonyl (C=O) groups excluding carboxylic acids is 1. The number of epoxide rings is 1.